The molecule has 2 aliphatic heterocycles. The van der Waals surface area contributed by atoms with E-state index >= 15 is 0 Å². The van der Waals surface area contributed by atoms with Gasteiger partial charge in [-0.25, -0.2) is 0 Å². The monoisotopic (exact) mass is 438 g/mol. The van der Waals surface area contributed by atoms with Crippen LogP contribution in [0, 0.1) is 0 Å². The number of benzene rings is 1. The lowest BCUT2D eigenvalue weighted by molar-refractivity contribution is -0.246. The van der Waals surface area contributed by atoms with Crippen molar-refractivity contribution in [3.8, 4) is 0 Å². The van der Waals surface area contributed by atoms with Gasteiger partial charge in [-0.1, -0.05) is 51.1 Å². The van der Waals surface area contributed by atoms with Crippen LogP contribution in [-0.2, 0) is 24.2 Å². The molecule has 1 unspecified atom stereocenters. The van der Waals surface area contributed by atoms with E-state index in [9.17, 15) is 10.2 Å². The Morgan fingerprint density at radius 2 is 1.63 bits per heavy atom. The summed E-state index contributed by atoms with van der Waals surface area (Å²) in [7, 11) is -2.26. The molecule has 0 aromatic heterocycles. The number of ether oxygens (including phenoxy) is 3. The van der Waals surface area contributed by atoms with Gasteiger partial charge in [0.05, 0.1) is 12.7 Å². The quantitative estimate of drug-likeness (QED) is 0.685. The Morgan fingerprint density at radius 1 is 1.07 bits per heavy atom. The first-order valence-electron chi connectivity index (χ1n) is 10.8. The third kappa shape index (κ3) is 4.26. The topological polar surface area (TPSA) is 77.4 Å². The molecule has 6 nitrogen and oxygen atoms in total. The highest BCUT2D eigenvalue weighted by Crippen LogP contribution is 2.46. The van der Waals surface area contributed by atoms with Crippen LogP contribution in [0.3, 0.4) is 0 Å². The summed E-state index contributed by atoms with van der Waals surface area (Å²) in [5.41, 5.74) is -1.05. The Balaban J connectivity index is 2.07. The van der Waals surface area contributed by atoms with Crippen LogP contribution >= 0.6 is 0 Å². The molecule has 3 rings (SSSR count). The molecule has 0 aliphatic carbocycles. The Morgan fingerprint density at radius 3 is 2.17 bits per heavy atom. The van der Waals surface area contributed by atoms with Gasteiger partial charge in [0.1, 0.15) is 30.0 Å². The first-order chi connectivity index (χ1) is 13.7. The molecule has 2 fully saturated rings. The molecule has 2 saturated heterocycles. The first-order valence-corrected chi connectivity index (χ1v) is 13.7. The molecule has 170 valence electrons. The summed E-state index contributed by atoms with van der Waals surface area (Å²) in [6, 6.07) is 9.16. The van der Waals surface area contributed by atoms with Crippen molar-refractivity contribution in [2.24, 2.45) is 0 Å². The summed E-state index contributed by atoms with van der Waals surface area (Å²) in [5.74, 6) is -0.777. The zero-order valence-electron chi connectivity index (χ0n) is 19.5. The predicted octanol–water partition coefficient (Wildman–Crippen LogP) is 3.56. The van der Waals surface area contributed by atoms with E-state index in [0.29, 0.717) is 5.56 Å². The van der Waals surface area contributed by atoms with Crippen molar-refractivity contribution in [3.63, 3.8) is 0 Å². The van der Waals surface area contributed by atoms with Crippen molar-refractivity contribution in [1.82, 2.24) is 0 Å². The van der Waals surface area contributed by atoms with Gasteiger partial charge in [0.2, 0.25) is 0 Å². The van der Waals surface area contributed by atoms with E-state index in [1.165, 1.54) is 0 Å². The Bertz CT molecular complexity index is 731. The second-order valence-electron chi connectivity index (χ2n) is 10.6. The molecule has 6 atom stereocenters. The molecule has 0 spiro atoms. The molecule has 1 aromatic rings. The highest BCUT2D eigenvalue weighted by Gasteiger charge is 2.60. The number of rotatable bonds is 5. The molecule has 0 radical (unpaired) electrons. The van der Waals surface area contributed by atoms with Crippen molar-refractivity contribution < 1.29 is 28.8 Å². The second kappa shape index (κ2) is 7.96. The maximum absolute atomic E-state index is 11.7. The van der Waals surface area contributed by atoms with Crippen LogP contribution in [0.1, 0.15) is 47.1 Å². The van der Waals surface area contributed by atoms with Crippen LogP contribution in [0.2, 0.25) is 18.1 Å². The lowest BCUT2D eigenvalue weighted by Crippen LogP contribution is -2.66. The molecule has 30 heavy (non-hydrogen) atoms. The van der Waals surface area contributed by atoms with Gasteiger partial charge >= 0.3 is 0 Å². The number of aliphatic hydroxyl groups excluding tert-OH is 1. The van der Waals surface area contributed by atoms with Crippen LogP contribution in [0.15, 0.2) is 30.3 Å². The van der Waals surface area contributed by atoms with Crippen LogP contribution < -0.4 is 0 Å². The maximum atomic E-state index is 11.7. The Hall–Kier alpha value is -0.803. The predicted molar refractivity (Wildman–Crippen MR) is 118 cm³/mol. The first kappa shape index (κ1) is 23.9. The average molecular weight is 439 g/mol. The van der Waals surface area contributed by atoms with E-state index in [2.05, 4.69) is 33.9 Å². The minimum absolute atomic E-state index is 0.0465. The molecule has 0 amide bonds. The molecule has 2 aliphatic rings. The van der Waals surface area contributed by atoms with Gasteiger partial charge < -0.3 is 28.8 Å². The smallest absolute Gasteiger partial charge is 0.192 e. The highest BCUT2D eigenvalue weighted by molar-refractivity contribution is 6.74. The summed E-state index contributed by atoms with van der Waals surface area (Å²) in [6.45, 7) is 16.0. The van der Waals surface area contributed by atoms with E-state index in [1.54, 1.807) is 12.1 Å². The minimum atomic E-state index is -2.26. The van der Waals surface area contributed by atoms with Gasteiger partial charge in [-0.15, -0.1) is 0 Å². The van der Waals surface area contributed by atoms with Crippen LogP contribution in [0.5, 0.6) is 0 Å². The highest BCUT2D eigenvalue weighted by atomic mass is 28.4. The largest absolute Gasteiger partial charge is 0.408 e. The lowest BCUT2D eigenvalue weighted by Gasteiger charge is -2.51. The van der Waals surface area contributed by atoms with Crippen LogP contribution in [0.25, 0.3) is 0 Å². The summed E-state index contributed by atoms with van der Waals surface area (Å²) >= 11 is 0. The average Bonchev–Trinajstić information content (AvgIpc) is 2.99. The van der Waals surface area contributed by atoms with Crippen molar-refractivity contribution >= 4 is 8.32 Å². The second-order valence-corrected chi connectivity index (χ2v) is 15.4. The standard InChI is InChI=1S/C23H38O6Si/c1-15-17-18(28-22(5,6)27-17)19(29-30(7,8)21(2,3)4)20(26-15)23(25,14-24)16-12-10-9-11-13-16/h9-13,15,17-20,24-25H,14H2,1-8H3/t15-,17-,18-,19+,20?,23-/m1/s1. The van der Waals surface area contributed by atoms with E-state index < -0.39 is 44.6 Å². The van der Waals surface area contributed by atoms with E-state index in [4.69, 9.17) is 18.6 Å². The van der Waals surface area contributed by atoms with E-state index in [1.807, 2.05) is 39.0 Å². The molecule has 1 aromatic carbocycles. The molecular formula is C23H38O6Si. The summed E-state index contributed by atoms with van der Waals surface area (Å²) in [4.78, 5) is 0. The van der Waals surface area contributed by atoms with Gasteiger partial charge in [0.25, 0.3) is 0 Å². The molecular weight excluding hydrogens is 400 g/mol. The molecule has 2 N–H and O–H groups in total. The van der Waals surface area contributed by atoms with Crippen LogP contribution in [0.4, 0.5) is 0 Å². The summed E-state index contributed by atoms with van der Waals surface area (Å²) in [5, 5.41) is 22.0. The summed E-state index contributed by atoms with van der Waals surface area (Å²) < 4.78 is 25.6. The number of aliphatic hydroxyl groups is 2. The number of hydrogen-bond acceptors (Lipinski definition) is 6. The van der Waals surface area contributed by atoms with Gasteiger partial charge in [-0.3, -0.25) is 0 Å². The molecule has 7 heteroatoms. The maximum Gasteiger partial charge on any atom is 0.192 e. The third-order valence-corrected chi connectivity index (χ3v) is 11.3. The third-order valence-electron chi connectivity index (χ3n) is 6.83. The Kier molecular flexibility index (Phi) is 6.33. The number of fused-ring (bicyclic) bond motifs is 1. The van der Waals surface area contributed by atoms with Crippen LogP contribution in [-0.4, -0.2) is 61.4 Å². The van der Waals surface area contributed by atoms with Gasteiger partial charge in [0, 0.05) is 0 Å². The van der Waals surface area contributed by atoms with E-state index in [-0.39, 0.29) is 17.2 Å². The summed E-state index contributed by atoms with van der Waals surface area (Å²) in [6.07, 6.45) is -2.46. The molecule has 0 saturated carbocycles. The molecule has 2 heterocycles. The normalized spacial score (nSPS) is 33.7. The van der Waals surface area contributed by atoms with Crippen molar-refractivity contribution in [2.75, 3.05) is 6.61 Å². The van der Waals surface area contributed by atoms with Gasteiger partial charge in [-0.2, -0.15) is 0 Å². The van der Waals surface area contributed by atoms with Crippen molar-refractivity contribution in [2.45, 2.75) is 102 Å². The SMILES string of the molecule is C[C@H]1OC([C@@](O)(CO)c2ccccc2)[C@@H](O[Si](C)(C)C(C)(C)C)[C@@H]2OC(C)(C)O[C@@H]21. The van der Waals surface area contributed by atoms with Crippen molar-refractivity contribution in [3.05, 3.63) is 35.9 Å². The zero-order chi connectivity index (χ0) is 22.5. The number of hydrogen-bond donors (Lipinski definition) is 2. The van der Waals surface area contributed by atoms with Gasteiger partial charge in [-0.05, 0) is 44.5 Å². The van der Waals surface area contributed by atoms with Gasteiger partial charge in [0.15, 0.2) is 14.1 Å². The Labute approximate surface area is 181 Å². The molecule has 0 bridgehead atoms. The zero-order valence-corrected chi connectivity index (χ0v) is 20.5. The fourth-order valence-corrected chi connectivity index (χ4v) is 5.39. The fourth-order valence-electron chi connectivity index (χ4n) is 4.10. The fraction of sp³-hybridized carbons (Fsp3) is 0.739. The lowest BCUT2D eigenvalue weighted by atomic mass is 9.81. The van der Waals surface area contributed by atoms with E-state index in [0.717, 1.165) is 0 Å². The van der Waals surface area contributed by atoms with Crippen molar-refractivity contribution in [1.29, 1.82) is 0 Å². The minimum Gasteiger partial charge on any atom is -0.408 e.